The Kier molecular flexibility index (Phi) is 16.8. The smallest absolute Gasteiger partial charge is 0.415 e. The molecule has 2 heterocycles. The highest BCUT2D eigenvalue weighted by atomic mass is 16.6. The molecule has 0 bridgehead atoms. The Morgan fingerprint density at radius 3 is 1.03 bits per heavy atom. The van der Waals surface area contributed by atoms with E-state index in [2.05, 4.69) is 35.1 Å². The van der Waals surface area contributed by atoms with Crippen LogP contribution in [0.1, 0.15) is 104 Å². The topological polar surface area (TPSA) is 200 Å². The minimum Gasteiger partial charge on any atom is -0.444 e. The molecule has 8 amide bonds. The van der Waals surface area contributed by atoms with Crippen LogP contribution in [0.3, 0.4) is 0 Å². The van der Waals surface area contributed by atoms with Crippen molar-refractivity contribution in [3.8, 4) is 11.5 Å². The molecule has 2 aliphatic rings. The van der Waals surface area contributed by atoms with Gasteiger partial charge in [0.25, 0.3) is 0 Å². The molecule has 18 heteroatoms. The van der Waals surface area contributed by atoms with Gasteiger partial charge in [0.1, 0.15) is 22.7 Å². The molecule has 0 radical (unpaired) electrons. The Morgan fingerprint density at radius 2 is 0.732 bits per heavy atom. The van der Waals surface area contributed by atoms with Gasteiger partial charge in [-0.2, -0.15) is 0 Å². The molecule has 2 fully saturated rings. The third-order valence-electron chi connectivity index (χ3n) is 12.0. The van der Waals surface area contributed by atoms with E-state index in [0.29, 0.717) is 75.2 Å². The van der Waals surface area contributed by atoms with E-state index in [1.54, 1.807) is 110 Å². The molecule has 18 nitrogen and oxygen atoms in total. The van der Waals surface area contributed by atoms with Crippen LogP contribution >= 0.6 is 0 Å². The van der Waals surface area contributed by atoms with Gasteiger partial charge in [0.15, 0.2) is 0 Å². The van der Waals surface area contributed by atoms with Crippen LogP contribution in [0.25, 0.3) is 0 Å². The zero-order chi connectivity index (χ0) is 51.7. The van der Waals surface area contributed by atoms with Gasteiger partial charge in [-0.3, -0.25) is 10.6 Å². The summed E-state index contributed by atoms with van der Waals surface area (Å²) in [6.45, 7) is 21.3. The normalized spacial score (nSPS) is 15.1. The standard InChI is InChI=1S/C53H68N8O10/c1-35(37-11-19-41(20-12-37)56-47(64)70-51(3,4)5)54-45(62)58-27-31-60(32-28-58)49(66)68-43-23-15-39(16-24-43)53(9,10)40-17-25-44(26-18-40)69-50(67)61-33-29-59(30-34-61)46(63)55-36(2)38-13-21-42(22-14-38)57-48(65)71-52(6,7)8/h11-26,35-36H,27-34H2,1-10H3,(H,54,62)(H,55,63)(H,56,64)(H,57,65). The molecule has 0 aromatic heterocycles. The molecule has 71 heavy (non-hydrogen) atoms. The fourth-order valence-corrected chi connectivity index (χ4v) is 7.83. The van der Waals surface area contributed by atoms with Crippen molar-refractivity contribution in [2.24, 2.45) is 0 Å². The van der Waals surface area contributed by atoms with Gasteiger partial charge in [0, 0.05) is 69.1 Å². The number of anilines is 2. The van der Waals surface area contributed by atoms with Crippen LogP contribution in [0.4, 0.5) is 40.1 Å². The summed E-state index contributed by atoms with van der Waals surface area (Å²) in [5.74, 6) is 0.791. The Morgan fingerprint density at radius 1 is 0.437 bits per heavy atom. The van der Waals surface area contributed by atoms with Crippen molar-refractivity contribution in [3.05, 3.63) is 119 Å². The molecular formula is C53H68N8O10. The van der Waals surface area contributed by atoms with E-state index in [4.69, 9.17) is 18.9 Å². The largest absolute Gasteiger partial charge is 0.444 e. The summed E-state index contributed by atoms with van der Waals surface area (Å²) in [7, 11) is 0. The van der Waals surface area contributed by atoms with Crippen LogP contribution in [0.5, 0.6) is 11.5 Å². The molecule has 4 aromatic rings. The number of carbonyl (C=O) groups excluding carboxylic acids is 6. The van der Waals surface area contributed by atoms with Gasteiger partial charge in [0.05, 0.1) is 12.1 Å². The van der Waals surface area contributed by atoms with Gasteiger partial charge in [-0.25, -0.2) is 28.8 Å². The summed E-state index contributed by atoms with van der Waals surface area (Å²) in [6.07, 6.45) is -2.08. The average Bonchev–Trinajstić information content (AvgIpc) is 3.31. The number of hydrogen-bond acceptors (Lipinski definition) is 10. The van der Waals surface area contributed by atoms with Crippen molar-refractivity contribution in [1.29, 1.82) is 0 Å². The Bertz CT molecular complexity index is 2310. The minimum absolute atomic E-state index is 0.242. The Hall–Kier alpha value is -7.50. The summed E-state index contributed by atoms with van der Waals surface area (Å²) in [6, 6.07) is 27.9. The van der Waals surface area contributed by atoms with E-state index in [1.165, 1.54) is 0 Å². The number of hydrogen-bond donors (Lipinski definition) is 4. The summed E-state index contributed by atoms with van der Waals surface area (Å²) in [5, 5.41) is 11.4. The number of benzene rings is 4. The lowest BCUT2D eigenvalue weighted by Crippen LogP contribution is -2.53. The van der Waals surface area contributed by atoms with Crippen molar-refractivity contribution in [1.82, 2.24) is 30.2 Å². The third kappa shape index (κ3) is 15.2. The van der Waals surface area contributed by atoms with E-state index in [9.17, 15) is 28.8 Å². The van der Waals surface area contributed by atoms with Crippen LogP contribution in [-0.2, 0) is 14.9 Å². The molecule has 0 saturated carbocycles. The number of nitrogens with zero attached hydrogens (tertiary/aromatic N) is 4. The second-order valence-corrected chi connectivity index (χ2v) is 20.2. The molecule has 0 spiro atoms. The summed E-state index contributed by atoms with van der Waals surface area (Å²) in [4.78, 5) is 83.2. The Labute approximate surface area is 416 Å². The lowest BCUT2D eigenvalue weighted by molar-refractivity contribution is 0.0624. The monoisotopic (exact) mass is 977 g/mol. The van der Waals surface area contributed by atoms with Crippen molar-refractivity contribution >= 4 is 47.8 Å². The highest BCUT2D eigenvalue weighted by Crippen LogP contribution is 2.34. The fourth-order valence-electron chi connectivity index (χ4n) is 7.83. The zero-order valence-electron chi connectivity index (χ0n) is 42.4. The highest BCUT2D eigenvalue weighted by Gasteiger charge is 2.29. The SMILES string of the molecule is CC(NC(=O)N1CCN(C(=O)Oc2ccc(C(C)(C)c3ccc(OC(=O)N4CCN(C(=O)NC(C)c5ccc(NC(=O)OC(C)(C)C)cc5)CC4)cc3)cc2)CC1)c1ccc(NC(=O)OC(C)(C)C)cc1. The van der Waals surface area contributed by atoms with Crippen molar-refractivity contribution in [2.75, 3.05) is 63.0 Å². The van der Waals surface area contributed by atoms with Gasteiger partial charge in [-0.1, -0.05) is 62.4 Å². The molecule has 6 rings (SSSR count). The van der Waals surface area contributed by atoms with E-state index in [1.807, 2.05) is 62.4 Å². The van der Waals surface area contributed by atoms with E-state index >= 15 is 0 Å². The quantitative estimate of drug-likeness (QED) is 0.119. The molecule has 0 aliphatic carbocycles. The lowest BCUT2D eigenvalue weighted by atomic mass is 9.78. The maximum atomic E-state index is 13.1. The van der Waals surface area contributed by atoms with E-state index in [-0.39, 0.29) is 24.1 Å². The zero-order valence-corrected chi connectivity index (χ0v) is 42.4. The van der Waals surface area contributed by atoms with Gasteiger partial charge < -0.3 is 49.2 Å². The maximum absolute atomic E-state index is 13.1. The van der Waals surface area contributed by atoms with E-state index in [0.717, 1.165) is 22.3 Å². The number of nitrogens with one attached hydrogen (secondary N) is 4. The average molecular weight is 977 g/mol. The highest BCUT2D eigenvalue weighted by molar-refractivity contribution is 5.85. The summed E-state index contributed by atoms with van der Waals surface area (Å²) < 4.78 is 22.0. The number of ether oxygens (including phenoxy) is 4. The molecule has 380 valence electrons. The van der Waals surface area contributed by atoms with Crippen molar-refractivity contribution in [3.63, 3.8) is 0 Å². The lowest BCUT2D eigenvalue weighted by Gasteiger charge is -2.34. The van der Waals surface area contributed by atoms with Crippen LogP contribution in [0, 0.1) is 0 Å². The molecular weight excluding hydrogens is 909 g/mol. The van der Waals surface area contributed by atoms with Crippen molar-refractivity contribution < 1.29 is 47.7 Å². The van der Waals surface area contributed by atoms with Gasteiger partial charge in [-0.05, 0) is 126 Å². The fraction of sp³-hybridized carbons (Fsp3) is 0.434. The van der Waals surface area contributed by atoms with E-state index < -0.39 is 41.0 Å². The third-order valence-corrected chi connectivity index (χ3v) is 12.0. The predicted molar refractivity (Wildman–Crippen MR) is 270 cm³/mol. The number of urea groups is 2. The molecule has 2 unspecified atom stereocenters. The van der Waals surface area contributed by atoms with Crippen LogP contribution in [0.15, 0.2) is 97.1 Å². The predicted octanol–water partition coefficient (Wildman–Crippen LogP) is 9.88. The van der Waals surface area contributed by atoms with Crippen LogP contribution < -0.4 is 30.7 Å². The van der Waals surface area contributed by atoms with Crippen molar-refractivity contribution in [2.45, 2.75) is 97.9 Å². The molecule has 2 aliphatic heterocycles. The maximum Gasteiger partial charge on any atom is 0.415 e. The van der Waals surface area contributed by atoms with Gasteiger partial charge in [0.2, 0.25) is 0 Å². The second kappa shape index (κ2) is 22.5. The first kappa shape index (κ1) is 52.9. The molecule has 4 N–H and O–H groups in total. The number of carbonyl (C=O) groups is 6. The first-order chi connectivity index (χ1) is 33.4. The number of rotatable bonds is 10. The van der Waals surface area contributed by atoms with Crippen LogP contribution in [-0.4, -0.2) is 120 Å². The summed E-state index contributed by atoms with van der Waals surface area (Å²) >= 11 is 0. The summed E-state index contributed by atoms with van der Waals surface area (Å²) in [5.41, 5.74) is 3.16. The van der Waals surface area contributed by atoms with Gasteiger partial charge in [-0.15, -0.1) is 0 Å². The number of amides is 8. The number of piperazine rings is 2. The Balaban J connectivity index is 0.897. The minimum atomic E-state index is -0.611. The first-order valence-electron chi connectivity index (χ1n) is 23.9. The molecule has 4 aromatic carbocycles. The first-order valence-corrected chi connectivity index (χ1v) is 23.9. The molecule has 2 saturated heterocycles. The molecule has 2 atom stereocenters. The van der Waals surface area contributed by atoms with Crippen LogP contribution in [0.2, 0.25) is 0 Å². The second-order valence-electron chi connectivity index (χ2n) is 20.2. The van der Waals surface area contributed by atoms with Gasteiger partial charge >= 0.3 is 36.4 Å².